The van der Waals surface area contributed by atoms with Crippen LogP contribution in [0.15, 0.2) is 28.7 Å². The summed E-state index contributed by atoms with van der Waals surface area (Å²) in [6, 6.07) is 7.97. The Morgan fingerprint density at radius 2 is 2.18 bits per heavy atom. The van der Waals surface area contributed by atoms with Gasteiger partial charge in [-0.15, -0.1) is 0 Å². The smallest absolute Gasteiger partial charge is 0.239 e. The molecule has 1 fully saturated rings. The summed E-state index contributed by atoms with van der Waals surface area (Å²) in [6.07, 6.45) is 2.20. The third kappa shape index (κ3) is 3.07. The van der Waals surface area contributed by atoms with Gasteiger partial charge in [0.15, 0.2) is 0 Å². The Balaban J connectivity index is 2.13. The van der Waals surface area contributed by atoms with Gasteiger partial charge in [-0.25, -0.2) is 0 Å². The molecule has 1 atom stereocenters. The maximum Gasteiger partial charge on any atom is 0.239 e. The van der Waals surface area contributed by atoms with Crippen LogP contribution in [0.25, 0.3) is 0 Å². The summed E-state index contributed by atoms with van der Waals surface area (Å²) >= 11 is 3.51. The second kappa shape index (κ2) is 5.19. The van der Waals surface area contributed by atoms with Crippen molar-refractivity contribution in [2.45, 2.75) is 38.4 Å². The highest BCUT2D eigenvalue weighted by Gasteiger charge is 2.33. The maximum atomic E-state index is 12.0. The zero-order chi connectivity index (χ0) is 12.4. The van der Waals surface area contributed by atoms with Crippen molar-refractivity contribution in [2.75, 3.05) is 0 Å². The van der Waals surface area contributed by atoms with Crippen molar-refractivity contribution in [3.05, 3.63) is 34.3 Å². The number of benzene rings is 1. The molecule has 1 amide bonds. The van der Waals surface area contributed by atoms with E-state index in [1.807, 2.05) is 29.2 Å². The van der Waals surface area contributed by atoms with Crippen molar-refractivity contribution < 1.29 is 4.79 Å². The molecule has 1 saturated carbocycles. The number of amides is 1. The third-order valence-electron chi connectivity index (χ3n) is 2.96. The maximum absolute atomic E-state index is 12.0. The van der Waals surface area contributed by atoms with Gasteiger partial charge in [-0.05, 0) is 31.4 Å². The summed E-state index contributed by atoms with van der Waals surface area (Å²) < 4.78 is 1.04. The predicted octanol–water partition coefficient (Wildman–Crippen LogP) is 2.29. The van der Waals surface area contributed by atoms with E-state index < -0.39 is 6.04 Å². The van der Waals surface area contributed by atoms with Crippen molar-refractivity contribution in [2.24, 2.45) is 5.73 Å². The SMILES string of the molecule is CC(N)C(=O)N(Cc1ccccc1Br)C1CC1. The summed E-state index contributed by atoms with van der Waals surface area (Å²) in [5.41, 5.74) is 6.82. The van der Waals surface area contributed by atoms with Crippen LogP contribution in [0.4, 0.5) is 0 Å². The molecule has 2 N–H and O–H groups in total. The average Bonchev–Trinajstić information content (AvgIpc) is 3.11. The number of halogens is 1. The molecule has 1 aromatic carbocycles. The Bertz CT molecular complexity index is 416. The van der Waals surface area contributed by atoms with E-state index in [0.29, 0.717) is 12.6 Å². The Labute approximate surface area is 110 Å². The molecule has 0 bridgehead atoms. The molecule has 1 aliphatic rings. The van der Waals surface area contributed by atoms with Crippen LogP contribution < -0.4 is 5.73 Å². The molecule has 0 aromatic heterocycles. The molecule has 1 unspecified atom stereocenters. The number of rotatable bonds is 4. The molecule has 0 spiro atoms. The van der Waals surface area contributed by atoms with Crippen LogP contribution in [-0.2, 0) is 11.3 Å². The van der Waals surface area contributed by atoms with Crippen molar-refractivity contribution in [1.29, 1.82) is 0 Å². The van der Waals surface area contributed by atoms with E-state index >= 15 is 0 Å². The molecule has 0 aliphatic heterocycles. The third-order valence-corrected chi connectivity index (χ3v) is 3.73. The van der Waals surface area contributed by atoms with Crippen molar-refractivity contribution in [3.63, 3.8) is 0 Å². The highest BCUT2D eigenvalue weighted by molar-refractivity contribution is 9.10. The molecule has 0 radical (unpaired) electrons. The Morgan fingerprint density at radius 3 is 2.71 bits per heavy atom. The first kappa shape index (κ1) is 12.6. The van der Waals surface area contributed by atoms with Crippen LogP contribution in [0, 0.1) is 0 Å². The lowest BCUT2D eigenvalue weighted by Crippen LogP contribution is -2.42. The molecule has 1 aromatic rings. The molecule has 3 nitrogen and oxygen atoms in total. The fourth-order valence-corrected chi connectivity index (χ4v) is 2.26. The number of nitrogens with two attached hydrogens (primary N) is 1. The first-order chi connectivity index (χ1) is 8.09. The summed E-state index contributed by atoms with van der Waals surface area (Å²) in [5, 5.41) is 0. The lowest BCUT2D eigenvalue weighted by Gasteiger charge is -2.24. The lowest BCUT2D eigenvalue weighted by atomic mass is 10.2. The van der Waals surface area contributed by atoms with Crippen LogP contribution in [-0.4, -0.2) is 22.9 Å². The number of carbonyl (C=O) groups excluding carboxylic acids is 1. The highest BCUT2D eigenvalue weighted by Crippen LogP contribution is 2.30. The van der Waals surface area contributed by atoms with Gasteiger partial charge in [0.25, 0.3) is 0 Å². The largest absolute Gasteiger partial charge is 0.334 e. The molecule has 1 aliphatic carbocycles. The van der Waals surface area contributed by atoms with E-state index in [1.54, 1.807) is 6.92 Å². The summed E-state index contributed by atoms with van der Waals surface area (Å²) in [6.45, 7) is 2.39. The minimum atomic E-state index is -0.418. The predicted molar refractivity (Wildman–Crippen MR) is 71.4 cm³/mol. The molecule has 0 saturated heterocycles. The van der Waals surface area contributed by atoms with Crippen LogP contribution in [0.5, 0.6) is 0 Å². The van der Waals surface area contributed by atoms with Gasteiger partial charge in [0.1, 0.15) is 0 Å². The van der Waals surface area contributed by atoms with Crippen molar-refractivity contribution >= 4 is 21.8 Å². The lowest BCUT2D eigenvalue weighted by molar-refractivity contribution is -0.133. The average molecular weight is 297 g/mol. The first-order valence-corrected chi connectivity index (χ1v) is 6.68. The summed E-state index contributed by atoms with van der Waals surface area (Å²) in [5.74, 6) is 0.0447. The molecule has 92 valence electrons. The van der Waals surface area contributed by atoms with E-state index in [0.717, 1.165) is 22.9 Å². The standard InChI is InChI=1S/C13H17BrN2O/c1-9(15)13(17)16(11-6-7-11)8-10-4-2-3-5-12(10)14/h2-5,9,11H,6-8,15H2,1H3. The fourth-order valence-electron chi connectivity index (χ4n) is 1.84. The monoisotopic (exact) mass is 296 g/mol. The summed E-state index contributed by atoms with van der Waals surface area (Å²) in [4.78, 5) is 13.9. The number of hydrogen-bond acceptors (Lipinski definition) is 2. The van der Waals surface area contributed by atoms with E-state index in [-0.39, 0.29) is 5.91 Å². The topological polar surface area (TPSA) is 46.3 Å². The fraction of sp³-hybridized carbons (Fsp3) is 0.462. The Hall–Kier alpha value is -0.870. The van der Waals surface area contributed by atoms with Gasteiger partial charge in [0, 0.05) is 17.1 Å². The molecular formula is C13H17BrN2O. The van der Waals surface area contributed by atoms with Crippen LogP contribution >= 0.6 is 15.9 Å². The Kier molecular flexibility index (Phi) is 3.84. The Morgan fingerprint density at radius 1 is 1.53 bits per heavy atom. The second-order valence-electron chi connectivity index (χ2n) is 4.58. The molecular weight excluding hydrogens is 280 g/mol. The molecule has 2 rings (SSSR count). The minimum Gasteiger partial charge on any atom is -0.334 e. The van der Waals surface area contributed by atoms with Crippen molar-refractivity contribution in [1.82, 2.24) is 4.90 Å². The van der Waals surface area contributed by atoms with Crippen LogP contribution in [0.2, 0.25) is 0 Å². The van der Waals surface area contributed by atoms with Gasteiger partial charge in [0.2, 0.25) is 5.91 Å². The van der Waals surface area contributed by atoms with E-state index in [4.69, 9.17) is 5.73 Å². The quantitative estimate of drug-likeness (QED) is 0.927. The summed E-state index contributed by atoms with van der Waals surface area (Å²) in [7, 11) is 0. The van der Waals surface area contributed by atoms with E-state index in [2.05, 4.69) is 15.9 Å². The molecule has 17 heavy (non-hydrogen) atoms. The highest BCUT2D eigenvalue weighted by atomic mass is 79.9. The normalized spacial score (nSPS) is 16.6. The van der Waals surface area contributed by atoms with Crippen LogP contribution in [0.3, 0.4) is 0 Å². The number of nitrogens with zero attached hydrogens (tertiary/aromatic N) is 1. The minimum absolute atomic E-state index is 0.0447. The van der Waals surface area contributed by atoms with Gasteiger partial charge >= 0.3 is 0 Å². The molecule has 4 heteroatoms. The zero-order valence-corrected chi connectivity index (χ0v) is 11.5. The van der Waals surface area contributed by atoms with Gasteiger partial charge < -0.3 is 10.6 Å². The van der Waals surface area contributed by atoms with Gasteiger partial charge in [0.05, 0.1) is 6.04 Å². The van der Waals surface area contributed by atoms with Gasteiger partial charge in [-0.2, -0.15) is 0 Å². The second-order valence-corrected chi connectivity index (χ2v) is 5.43. The first-order valence-electron chi connectivity index (χ1n) is 5.89. The molecule has 0 heterocycles. The van der Waals surface area contributed by atoms with Gasteiger partial charge in [-0.1, -0.05) is 34.1 Å². The van der Waals surface area contributed by atoms with E-state index in [1.165, 1.54) is 0 Å². The zero-order valence-electron chi connectivity index (χ0n) is 9.90. The van der Waals surface area contributed by atoms with Crippen LogP contribution in [0.1, 0.15) is 25.3 Å². The number of hydrogen-bond donors (Lipinski definition) is 1. The van der Waals surface area contributed by atoms with Crippen molar-refractivity contribution in [3.8, 4) is 0 Å². The van der Waals surface area contributed by atoms with Gasteiger partial charge in [-0.3, -0.25) is 4.79 Å². The number of carbonyl (C=O) groups is 1. The van der Waals surface area contributed by atoms with E-state index in [9.17, 15) is 4.79 Å².